The molecule has 0 saturated carbocycles. The Labute approximate surface area is 175 Å². The molecule has 0 aromatic carbocycles. The number of aromatic nitrogens is 1. The number of unbranched alkanes of at least 4 members (excludes halogenated alkanes) is 1. The van der Waals surface area contributed by atoms with E-state index in [0.29, 0.717) is 25.2 Å². The number of nitrogens with one attached hydrogen (secondary N) is 2. The van der Waals surface area contributed by atoms with Crippen LogP contribution in [0, 0.1) is 5.92 Å². The van der Waals surface area contributed by atoms with Gasteiger partial charge in [-0.2, -0.15) is 0 Å². The fourth-order valence-electron chi connectivity index (χ4n) is 2.00. The van der Waals surface area contributed by atoms with Gasteiger partial charge in [-0.1, -0.05) is 27.2 Å². The highest BCUT2D eigenvalue weighted by Gasteiger charge is 2.20. The van der Waals surface area contributed by atoms with Crippen molar-refractivity contribution in [2.24, 2.45) is 5.92 Å². The molecule has 30 heavy (non-hydrogen) atoms. The number of hydrogen-bond donors (Lipinski definition) is 3. The molecule has 3 N–H and O–H groups in total. The van der Waals surface area contributed by atoms with Crippen LogP contribution in [0.3, 0.4) is 0 Å². The van der Waals surface area contributed by atoms with Crippen molar-refractivity contribution in [1.29, 1.82) is 0 Å². The number of carboxylic acids is 1. The van der Waals surface area contributed by atoms with E-state index in [2.05, 4.69) is 4.98 Å². The van der Waals surface area contributed by atoms with Gasteiger partial charge in [0.25, 0.3) is 11.8 Å². The fraction of sp³-hybridized carbons (Fsp3) is 0.556. The largest absolute Gasteiger partial charge is 0.488 e. The molecule has 0 spiro atoms. The monoisotopic (exact) mass is 445 g/mol. The van der Waals surface area contributed by atoms with E-state index in [4.69, 9.17) is 14.6 Å². The maximum absolute atomic E-state index is 12.3. The van der Waals surface area contributed by atoms with Crippen LogP contribution in [0.2, 0.25) is 0 Å². The van der Waals surface area contributed by atoms with Gasteiger partial charge in [-0.15, -0.1) is 0 Å². The Morgan fingerprint density at radius 2 is 1.97 bits per heavy atom. The summed E-state index contributed by atoms with van der Waals surface area (Å²) in [7, 11) is -3.80. The predicted molar refractivity (Wildman–Crippen MR) is 107 cm³/mol. The predicted octanol–water partition coefficient (Wildman–Crippen LogP) is 1.54. The first-order valence-electron chi connectivity index (χ1n) is 9.39. The molecule has 11 nitrogen and oxygen atoms in total. The van der Waals surface area contributed by atoms with Gasteiger partial charge in [0, 0.05) is 12.3 Å². The van der Waals surface area contributed by atoms with E-state index in [0.717, 1.165) is 6.20 Å². The molecule has 0 atom stereocenters. The maximum Gasteiger partial charge on any atom is 0.414 e. The van der Waals surface area contributed by atoms with E-state index in [1.54, 1.807) is 0 Å². The second-order valence-corrected chi connectivity index (χ2v) is 8.64. The van der Waals surface area contributed by atoms with Crippen LogP contribution in [0.15, 0.2) is 12.3 Å². The molecule has 0 aliphatic heterocycles. The highest BCUT2D eigenvalue weighted by Crippen LogP contribution is 2.26. The number of rotatable bonds is 12. The summed E-state index contributed by atoms with van der Waals surface area (Å²) < 4.78 is 36.3. The number of carbonyl (C=O) groups is 3. The number of carboxylic acid groups (broad SMARTS) is 1. The summed E-state index contributed by atoms with van der Waals surface area (Å²) in [5, 5.41) is 10.6. The molecule has 168 valence electrons. The normalized spacial score (nSPS) is 11.1. The number of pyridine rings is 1. The van der Waals surface area contributed by atoms with E-state index < -0.39 is 34.5 Å². The zero-order valence-electron chi connectivity index (χ0n) is 17.1. The summed E-state index contributed by atoms with van der Waals surface area (Å²) in [5.74, 6) is -2.37. The van der Waals surface area contributed by atoms with Gasteiger partial charge in [-0.05, 0) is 18.8 Å². The number of aliphatic carboxylic acids is 1. The summed E-state index contributed by atoms with van der Waals surface area (Å²) >= 11 is 0. The van der Waals surface area contributed by atoms with E-state index in [1.807, 2.05) is 30.8 Å². The topological polar surface area (TPSA) is 161 Å². The van der Waals surface area contributed by atoms with E-state index in [9.17, 15) is 22.8 Å². The lowest BCUT2D eigenvalue weighted by atomic mass is 10.1. The molecular formula is C18H27N3O8S. The third-order valence-corrected chi connectivity index (χ3v) is 4.94. The van der Waals surface area contributed by atoms with Crippen LogP contribution in [0.5, 0.6) is 11.6 Å². The molecule has 2 amide bonds. The van der Waals surface area contributed by atoms with Crippen molar-refractivity contribution in [3.63, 3.8) is 0 Å². The minimum Gasteiger partial charge on any atom is -0.488 e. The van der Waals surface area contributed by atoms with Crippen molar-refractivity contribution in [1.82, 2.24) is 15.0 Å². The van der Waals surface area contributed by atoms with Crippen molar-refractivity contribution in [3.8, 4) is 11.6 Å². The van der Waals surface area contributed by atoms with Crippen LogP contribution in [-0.4, -0.2) is 55.4 Å². The minimum atomic E-state index is -3.80. The first-order valence-corrected chi connectivity index (χ1v) is 11.0. The van der Waals surface area contributed by atoms with Gasteiger partial charge in [-0.3, -0.25) is 9.59 Å². The van der Waals surface area contributed by atoms with Gasteiger partial charge in [0.15, 0.2) is 5.75 Å². The van der Waals surface area contributed by atoms with Crippen LogP contribution in [0.25, 0.3) is 0 Å². The fourth-order valence-corrected chi connectivity index (χ4v) is 3.17. The molecule has 0 bridgehead atoms. The van der Waals surface area contributed by atoms with E-state index in [1.165, 1.54) is 6.07 Å². The maximum atomic E-state index is 12.3. The lowest BCUT2D eigenvalue weighted by Crippen LogP contribution is -2.33. The standard InChI is InChI=1S/C18H27N3O8S/c1-4-5-8-30(26,27)21-16(24)13-9-14(28-7-6-12(2)3)17(19-10-13)29-18(25)20-11-15(22)23/h9-10,12H,4-8,11H2,1-3H3,(H,20,25)(H,21,24)(H,22,23). The SMILES string of the molecule is CCCCS(=O)(=O)NC(=O)c1cnc(OC(=O)NCC(=O)O)c(OCCC(C)C)c1. The first-order chi connectivity index (χ1) is 14.0. The Balaban J connectivity index is 3.00. The molecule has 0 radical (unpaired) electrons. The molecule has 0 saturated heterocycles. The van der Waals surface area contributed by atoms with Crippen molar-refractivity contribution < 1.29 is 37.4 Å². The summed E-state index contributed by atoms with van der Waals surface area (Å²) in [6.45, 7) is 5.35. The number of amides is 2. The summed E-state index contributed by atoms with van der Waals surface area (Å²) in [4.78, 5) is 38.4. The van der Waals surface area contributed by atoms with Crippen LogP contribution < -0.4 is 19.5 Å². The molecule has 1 rings (SSSR count). The lowest BCUT2D eigenvalue weighted by Gasteiger charge is -2.13. The summed E-state index contributed by atoms with van der Waals surface area (Å²) in [6, 6.07) is 1.21. The molecule has 1 aromatic heterocycles. The third-order valence-electron chi connectivity index (χ3n) is 3.62. The van der Waals surface area contributed by atoms with Gasteiger partial charge >= 0.3 is 12.1 Å². The Morgan fingerprint density at radius 1 is 1.27 bits per heavy atom. The van der Waals surface area contributed by atoms with Crippen LogP contribution >= 0.6 is 0 Å². The highest BCUT2D eigenvalue weighted by atomic mass is 32.2. The summed E-state index contributed by atoms with van der Waals surface area (Å²) in [6.07, 6.45) is 1.67. The van der Waals surface area contributed by atoms with Crippen molar-refractivity contribution >= 4 is 28.0 Å². The van der Waals surface area contributed by atoms with Gasteiger partial charge in [0.05, 0.1) is 17.9 Å². The molecule has 0 aliphatic rings. The number of hydrogen-bond acceptors (Lipinski definition) is 8. The average molecular weight is 445 g/mol. The lowest BCUT2D eigenvalue weighted by molar-refractivity contribution is -0.135. The van der Waals surface area contributed by atoms with Gasteiger partial charge in [0.2, 0.25) is 10.0 Å². The van der Waals surface area contributed by atoms with Gasteiger partial charge in [0.1, 0.15) is 6.54 Å². The molecule has 1 heterocycles. The summed E-state index contributed by atoms with van der Waals surface area (Å²) in [5.41, 5.74) is -0.104. The number of ether oxygens (including phenoxy) is 2. The van der Waals surface area contributed by atoms with Crippen molar-refractivity contribution in [2.45, 2.75) is 40.0 Å². The average Bonchev–Trinajstić information content (AvgIpc) is 2.65. The first kappa shape index (κ1) is 25.1. The number of carbonyl (C=O) groups excluding carboxylic acids is 2. The van der Waals surface area contributed by atoms with Crippen LogP contribution in [0.4, 0.5) is 4.79 Å². The number of sulfonamides is 1. The second-order valence-electron chi connectivity index (χ2n) is 6.80. The van der Waals surface area contributed by atoms with Crippen LogP contribution in [0.1, 0.15) is 50.4 Å². The second kappa shape index (κ2) is 12.0. The van der Waals surface area contributed by atoms with Crippen LogP contribution in [-0.2, 0) is 14.8 Å². The molecule has 0 aliphatic carbocycles. The Morgan fingerprint density at radius 3 is 2.57 bits per heavy atom. The van der Waals surface area contributed by atoms with Gasteiger partial charge < -0.3 is 19.9 Å². The number of nitrogens with zero attached hydrogens (tertiary/aromatic N) is 1. The Kier molecular flexibility index (Phi) is 10.0. The zero-order chi connectivity index (χ0) is 22.7. The minimum absolute atomic E-state index is 0.0558. The Bertz CT molecular complexity index is 855. The van der Waals surface area contributed by atoms with Gasteiger partial charge in [-0.25, -0.2) is 22.9 Å². The Hall–Kier alpha value is -2.89. The smallest absolute Gasteiger partial charge is 0.414 e. The zero-order valence-corrected chi connectivity index (χ0v) is 18.0. The third kappa shape index (κ3) is 9.54. The molecule has 0 unspecified atom stereocenters. The van der Waals surface area contributed by atoms with E-state index >= 15 is 0 Å². The van der Waals surface area contributed by atoms with E-state index in [-0.39, 0.29) is 29.6 Å². The molecule has 0 fully saturated rings. The molecule has 12 heteroatoms. The van der Waals surface area contributed by atoms with Crippen molar-refractivity contribution in [3.05, 3.63) is 17.8 Å². The van der Waals surface area contributed by atoms with Crippen molar-refractivity contribution in [2.75, 3.05) is 18.9 Å². The molecule has 1 aromatic rings. The molecular weight excluding hydrogens is 418 g/mol. The quantitative estimate of drug-likeness (QED) is 0.433. The highest BCUT2D eigenvalue weighted by molar-refractivity contribution is 7.90.